The Labute approximate surface area is 175 Å². The maximum absolute atomic E-state index is 13.0. The van der Waals surface area contributed by atoms with Gasteiger partial charge in [0, 0.05) is 15.7 Å². The first-order valence-corrected chi connectivity index (χ1v) is 9.94. The summed E-state index contributed by atoms with van der Waals surface area (Å²) >= 11 is 3.42. The third-order valence-electron chi connectivity index (χ3n) is 4.80. The molecule has 0 amide bonds. The molecule has 0 bridgehead atoms. The fraction of sp³-hybridized carbons (Fsp3) is 0.238. The Morgan fingerprint density at radius 1 is 1.14 bits per heavy atom. The molecule has 8 heteroatoms. The molecule has 0 spiro atoms. The normalized spacial score (nSPS) is 15.8. The molecule has 150 valence electrons. The van der Waals surface area contributed by atoms with Crippen LogP contribution in [0.5, 0.6) is 5.75 Å². The van der Waals surface area contributed by atoms with E-state index in [0.717, 1.165) is 15.7 Å². The molecule has 2 aromatic carbocycles. The van der Waals surface area contributed by atoms with Crippen LogP contribution >= 0.6 is 15.9 Å². The Balaban J connectivity index is 1.79. The average Bonchev–Trinajstić information content (AvgIpc) is 3.17. The van der Waals surface area contributed by atoms with Crippen LogP contribution in [-0.2, 0) is 0 Å². The predicted molar refractivity (Wildman–Crippen MR) is 111 cm³/mol. The first kappa shape index (κ1) is 19.6. The lowest BCUT2D eigenvalue weighted by molar-refractivity contribution is -0.0506. The van der Waals surface area contributed by atoms with E-state index in [1.54, 1.807) is 16.8 Å². The van der Waals surface area contributed by atoms with Gasteiger partial charge in [-0.1, -0.05) is 54.0 Å². The van der Waals surface area contributed by atoms with Crippen molar-refractivity contribution >= 4 is 27.6 Å². The number of nitrogens with zero attached hydrogens (tertiary/aromatic N) is 3. The monoisotopic (exact) mass is 460 g/mol. The summed E-state index contributed by atoms with van der Waals surface area (Å²) in [7, 11) is 0. The third kappa shape index (κ3) is 4.03. The molecule has 0 aliphatic carbocycles. The van der Waals surface area contributed by atoms with Crippen molar-refractivity contribution in [3.05, 3.63) is 76.0 Å². The largest absolute Gasteiger partial charge is 0.434 e. The number of rotatable bonds is 5. The Morgan fingerprint density at radius 2 is 1.90 bits per heavy atom. The summed E-state index contributed by atoms with van der Waals surface area (Å²) in [6, 6.07) is 12.7. The zero-order valence-corrected chi connectivity index (χ0v) is 17.4. The molecule has 0 radical (unpaired) electrons. The van der Waals surface area contributed by atoms with Crippen LogP contribution in [0.2, 0.25) is 0 Å². The van der Waals surface area contributed by atoms with E-state index in [1.807, 2.05) is 18.2 Å². The van der Waals surface area contributed by atoms with Crippen LogP contribution in [0.3, 0.4) is 0 Å². The zero-order valence-electron chi connectivity index (χ0n) is 15.8. The van der Waals surface area contributed by atoms with E-state index >= 15 is 0 Å². The maximum Gasteiger partial charge on any atom is 0.387 e. The third-order valence-corrected chi connectivity index (χ3v) is 5.30. The molecule has 5 nitrogen and oxygen atoms in total. The smallest absolute Gasteiger partial charge is 0.387 e. The number of alkyl halides is 2. The van der Waals surface area contributed by atoms with E-state index in [9.17, 15) is 8.78 Å². The van der Waals surface area contributed by atoms with Crippen molar-refractivity contribution in [1.82, 2.24) is 14.8 Å². The lowest BCUT2D eigenvalue weighted by atomic mass is 9.98. The number of ether oxygens (including phenoxy) is 1. The van der Waals surface area contributed by atoms with Gasteiger partial charge in [-0.15, -0.1) is 0 Å². The number of allylic oxidation sites excluding steroid dienone is 1. The standard InChI is InChI=1S/C21H19BrF2N4O/c1-12(2)13-3-5-14(6-4-13)17-10-18(28-21(27-17)25-11-26-28)16-9-15(22)7-8-19(16)29-20(23)24/h3-12,18,20H,1-2H3,(H,25,26,27). The van der Waals surface area contributed by atoms with Crippen molar-refractivity contribution in [1.29, 1.82) is 0 Å². The van der Waals surface area contributed by atoms with Crippen molar-refractivity contribution in [2.45, 2.75) is 32.4 Å². The SMILES string of the molecule is CC(C)c1ccc(C2=CC(c3cc(Br)ccc3OC(F)F)n3ncnc3N2)cc1. The number of hydrogen-bond acceptors (Lipinski definition) is 4. The quantitative estimate of drug-likeness (QED) is 0.520. The molecular weight excluding hydrogens is 442 g/mol. The highest BCUT2D eigenvalue weighted by atomic mass is 79.9. The van der Waals surface area contributed by atoms with Gasteiger partial charge in [-0.25, -0.2) is 4.68 Å². The molecule has 3 aromatic rings. The number of fused-ring (bicyclic) bond motifs is 1. The van der Waals surface area contributed by atoms with Crippen LogP contribution < -0.4 is 10.1 Å². The predicted octanol–water partition coefficient (Wildman–Crippen LogP) is 5.82. The molecule has 0 saturated heterocycles. The van der Waals surface area contributed by atoms with Crippen molar-refractivity contribution in [3.63, 3.8) is 0 Å². The van der Waals surface area contributed by atoms with E-state index in [4.69, 9.17) is 4.74 Å². The second-order valence-corrected chi connectivity index (χ2v) is 7.93. The van der Waals surface area contributed by atoms with E-state index in [-0.39, 0.29) is 5.75 Å². The van der Waals surface area contributed by atoms with Gasteiger partial charge in [-0.3, -0.25) is 0 Å². The minimum atomic E-state index is -2.92. The van der Waals surface area contributed by atoms with Crippen molar-refractivity contribution in [3.8, 4) is 5.75 Å². The first-order chi connectivity index (χ1) is 13.9. The fourth-order valence-electron chi connectivity index (χ4n) is 3.32. The summed E-state index contributed by atoms with van der Waals surface area (Å²) in [5.74, 6) is 1.06. The molecule has 1 aliphatic heterocycles. The van der Waals surface area contributed by atoms with E-state index < -0.39 is 12.7 Å². The Bertz CT molecular complexity index is 1050. The summed E-state index contributed by atoms with van der Waals surface area (Å²) < 4.78 is 33.1. The minimum Gasteiger partial charge on any atom is -0.434 e. The molecule has 1 unspecified atom stereocenters. The number of anilines is 1. The van der Waals surface area contributed by atoms with Gasteiger partial charge in [-0.05, 0) is 41.3 Å². The van der Waals surface area contributed by atoms with Gasteiger partial charge in [-0.2, -0.15) is 18.9 Å². The molecule has 1 N–H and O–H groups in total. The fourth-order valence-corrected chi connectivity index (χ4v) is 3.70. The molecule has 2 heterocycles. The summed E-state index contributed by atoms with van der Waals surface area (Å²) in [4.78, 5) is 4.27. The molecule has 0 fully saturated rings. The van der Waals surface area contributed by atoms with Crippen LogP contribution in [0.15, 0.2) is 59.3 Å². The van der Waals surface area contributed by atoms with Crippen LogP contribution in [0, 0.1) is 0 Å². The second-order valence-electron chi connectivity index (χ2n) is 7.02. The maximum atomic E-state index is 13.0. The van der Waals surface area contributed by atoms with Crippen LogP contribution in [0.1, 0.15) is 42.5 Å². The Hall–Kier alpha value is -2.74. The summed E-state index contributed by atoms with van der Waals surface area (Å²) in [5.41, 5.74) is 3.60. The van der Waals surface area contributed by atoms with E-state index in [0.29, 0.717) is 17.4 Å². The number of nitrogens with one attached hydrogen (secondary N) is 1. The zero-order chi connectivity index (χ0) is 20.5. The summed E-state index contributed by atoms with van der Waals surface area (Å²) in [5, 5.41) is 7.54. The minimum absolute atomic E-state index is 0.0994. The van der Waals surface area contributed by atoms with Gasteiger partial charge in [0.2, 0.25) is 5.95 Å². The van der Waals surface area contributed by atoms with Crippen LogP contribution in [0.25, 0.3) is 5.70 Å². The van der Waals surface area contributed by atoms with Crippen LogP contribution in [-0.4, -0.2) is 21.4 Å². The lowest BCUT2D eigenvalue weighted by Gasteiger charge is -2.26. The Morgan fingerprint density at radius 3 is 2.59 bits per heavy atom. The van der Waals surface area contributed by atoms with Crippen LogP contribution in [0.4, 0.5) is 14.7 Å². The molecule has 1 aromatic heterocycles. The molecule has 1 atom stereocenters. The number of benzene rings is 2. The van der Waals surface area contributed by atoms with Gasteiger partial charge in [0.05, 0.1) is 0 Å². The molecule has 1 aliphatic rings. The molecule has 4 rings (SSSR count). The lowest BCUT2D eigenvalue weighted by Crippen LogP contribution is -2.21. The number of halogens is 3. The number of hydrogen-bond donors (Lipinski definition) is 1. The molecule has 29 heavy (non-hydrogen) atoms. The van der Waals surface area contributed by atoms with Gasteiger partial charge in [0.25, 0.3) is 0 Å². The average molecular weight is 461 g/mol. The van der Waals surface area contributed by atoms with E-state index in [1.165, 1.54) is 18.0 Å². The van der Waals surface area contributed by atoms with Crippen molar-refractivity contribution < 1.29 is 13.5 Å². The summed E-state index contributed by atoms with van der Waals surface area (Å²) in [6.07, 6.45) is 3.37. The second kappa shape index (κ2) is 7.94. The number of aromatic nitrogens is 3. The summed E-state index contributed by atoms with van der Waals surface area (Å²) in [6.45, 7) is 1.37. The van der Waals surface area contributed by atoms with Gasteiger partial charge in [0.1, 0.15) is 18.1 Å². The van der Waals surface area contributed by atoms with Crippen molar-refractivity contribution in [2.24, 2.45) is 0 Å². The van der Waals surface area contributed by atoms with Crippen molar-refractivity contribution in [2.75, 3.05) is 5.32 Å². The Kier molecular flexibility index (Phi) is 5.36. The van der Waals surface area contributed by atoms with Gasteiger partial charge < -0.3 is 10.1 Å². The highest BCUT2D eigenvalue weighted by molar-refractivity contribution is 9.10. The van der Waals surface area contributed by atoms with Gasteiger partial charge in [0.15, 0.2) is 0 Å². The topological polar surface area (TPSA) is 52.0 Å². The van der Waals surface area contributed by atoms with Gasteiger partial charge >= 0.3 is 6.61 Å². The molecule has 0 saturated carbocycles. The highest BCUT2D eigenvalue weighted by Gasteiger charge is 2.27. The molecular formula is C21H19BrF2N4O. The first-order valence-electron chi connectivity index (χ1n) is 9.15. The van der Waals surface area contributed by atoms with E-state index in [2.05, 4.69) is 57.3 Å². The highest BCUT2D eigenvalue weighted by Crippen LogP contribution is 2.38.